The Hall–Kier alpha value is -1.10. The molecule has 0 fully saturated rings. The van der Waals surface area contributed by atoms with Crippen molar-refractivity contribution in [2.45, 2.75) is 32.4 Å². The van der Waals surface area contributed by atoms with E-state index in [0.29, 0.717) is 22.0 Å². The summed E-state index contributed by atoms with van der Waals surface area (Å²) in [7, 11) is 1.82. The second-order valence-corrected chi connectivity index (χ2v) is 5.66. The third-order valence-electron chi connectivity index (χ3n) is 3.42. The molecule has 1 N–H and O–H groups in total. The zero-order valence-electron chi connectivity index (χ0n) is 12.0. The molecule has 114 valence electrons. The summed E-state index contributed by atoms with van der Waals surface area (Å²) in [6.45, 7) is 2.84. The van der Waals surface area contributed by atoms with E-state index in [1.54, 1.807) is 18.3 Å². The van der Waals surface area contributed by atoms with E-state index in [-0.39, 0.29) is 11.9 Å². The average molecular weight is 330 g/mol. The standard InChI is InChI=1S/C15H18Cl2FN3/c1-3-7-21-15(12(17)9-20-21)14(19-2)8-10-11(16)5-4-6-13(10)18/h4-6,9,14,19H,3,7-8H2,1-2H3. The van der Waals surface area contributed by atoms with Crippen LogP contribution in [0.2, 0.25) is 10.0 Å². The lowest BCUT2D eigenvalue weighted by atomic mass is 10.0. The van der Waals surface area contributed by atoms with Crippen LogP contribution in [0.3, 0.4) is 0 Å². The Balaban J connectivity index is 2.35. The fourth-order valence-corrected chi connectivity index (χ4v) is 2.89. The van der Waals surface area contributed by atoms with Gasteiger partial charge in [0.25, 0.3) is 0 Å². The molecular formula is C15H18Cl2FN3. The molecule has 0 amide bonds. The van der Waals surface area contributed by atoms with Gasteiger partial charge in [-0.2, -0.15) is 5.10 Å². The van der Waals surface area contributed by atoms with Crippen molar-refractivity contribution in [1.29, 1.82) is 0 Å². The van der Waals surface area contributed by atoms with Gasteiger partial charge in [0.15, 0.2) is 0 Å². The lowest BCUT2D eigenvalue weighted by molar-refractivity contribution is 0.488. The summed E-state index contributed by atoms with van der Waals surface area (Å²) in [5.74, 6) is -0.305. The van der Waals surface area contributed by atoms with Crippen LogP contribution in [0.15, 0.2) is 24.4 Å². The van der Waals surface area contributed by atoms with Crippen LogP contribution in [0.5, 0.6) is 0 Å². The number of halogens is 3. The molecule has 1 unspecified atom stereocenters. The van der Waals surface area contributed by atoms with Crippen molar-refractivity contribution >= 4 is 23.2 Å². The van der Waals surface area contributed by atoms with Crippen LogP contribution < -0.4 is 5.32 Å². The minimum atomic E-state index is -0.305. The van der Waals surface area contributed by atoms with Crippen LogP contribution in [0, 0.1) is 5.82 Å². The summed E-state index contributed by atoms with van der Waals surface area (Å²) in [5, 5.41) is 8.46. The highest BCUT2D eigenvalue weighted by atomic mass is 35.5. The van der Waals surface area contributed by atoms with Crippen LogP contribution in [-0.2, 0) is 13.0 Å². The zero-order valence-corrected chi connectivity index (χ0v) is 13.5. The van der Waals surface area contributed by atoms with Crippen LogP contribution in [0.1, 0.15) is 30.6 Å². The van der Waals surface area contributed by atoms with Gasteiger partial charge in [0, 0.05) is 17.1 Å². The molecule has 0 saturated heterocycles. The monoisotopic (exact) mass is 329 g/mol. The maximum absolute atomic E-state index is 14.0. The van der Waals surface area contributed by atoms with Gasteiger partial charge in [-0.05, 0) is 32.0 Å². The molecule has 0 aliphatic rings. The maximum Gasteiger partial charge on any atom is 0.127 e. The highest BCUT2D eigenvalue weighted by molar-refractivity contribution is 6.31. The predicted octanol–water partition coefficient (Wildman–Crippen LogP) is 4.24. The minimum absolute atomic E-state index is 0.152. The number of likely N-dealkylation sites (N-methyl/N-ethyl adjacent to an activating group) is 1. The molecule has 2 aromatic rings. The van der Waals surface area contributed by atoms with Gasteiger partial charge in [-0.25, -0.2) is 4.39 Å². The van der Waals surface area contributed by atoms with Gasteiger partial charge in [-0.15, -0.1) is 0 Å². The van der Waals surface area contributed by atoms with E-state index in [1.165, 1.54) is 6.07 Å². The minimum Gasteiger partial charge on any atom is -0.311 e. The molecule has 2 rings (SSSR count). The number of aromatic nitrogens is 2. The molecule has 0 spiro atoms. The van der Waals surface area contributed by atoms with Crippen LogP contribution in [0.25, 0.3) is 0 Å². The van der Waals surface area contributed by atoms with Crippen LogP contribution in [-0.4, -0.2) is 16.8 Å². The van der Waals surface area contributed by atoms with Gasteiger partial charge in [-0.3, -0.25) is 4.68 Å². The van der Waals surface area contributed by atoms with Crippen molar-refractivity contribution in [3.8, 4) is 0 Å². The Morgan fingerprint density at radius 3 is 2.71 bits per heavy atom. The molecule has 0 aliphatic carbocycles. The summed E-state index contributed by atoms with van der Waals surface area (Å²) in [5.41, 5.74) is 1.35. The fraction of sp³-hybridized carbons (Fsp3) is 0.400. The molecule has 6 heteroatoms. The number of hydrogen-bond donors (Lipinski definition) is 1. The van der Waals surface area contributed by atoms with Crippen molar-refractivity contribution in [2.75, 3.05) is 7.05 Å². The first-order valence-electron chi connectivity index (χ1n) is 6.89. The maximum atomic E-state index is 14.0. The number of aryl methyl sites for hydroxylation is 1. The molecule has 1 aromatic heterocycles. The van der Waals surface area contributed by atoms with Crippen molar-refractivity contribution < 1.29 is 4.39 Å². The topological polar surface area (TPSA) is 29.9 Å². The lowest BCUT2D eigenvalue weighted by Crippen LogP contribution is -2.23. The van der Waals surface area contributed by atoms with Gasteiger partial charge in [-0.1, -0.05) is 36.2 Å². The molecule has 1 heterocycles. The van der Waals surface area contributed by atoms with E-state index < -0.39 is 0 Å². The molecule has 1 aromatic carbocycles. The Morgan fingerprint density at radius 1 is 1.33 bits per heavy atom. The molecule has 0 bridgehead atoms. The van der Waals surface area contributed by atoms with E-state index in [0.717, 1.165) is 18.7 Å². The van der Waals surface area contributed by atoms with E-state index in [9.17, 15) is 4.39 Å². The summed E-state index contributed by atoms with van der Waals surface area (Å²) < 4.78 is 15.8. The molecule has 0 saturated carbocycles. The van der Waals surface area contributed by atoms with Gasteiger partial charge >= 0.3 is 0 Å². The first-order valence-corrected chi connectivity index (χ1v) is 7.65. The quantitative estimate of drug-likeness (QED) is 0.858. The molecule has 0 radical (unpaired) electrons. The van der Waals surface area contributed by atoms with Gasteiger partial charge in [0.1, 0.15) is 5.82 Å². The molecule has 3 nitrogen and oxygen atoms in total. The third kappa shape index (κ3) is 3.57. The highest BCUT2D eigenvalue weighted by Crippen LogP contribution is 2.29. The van der Waals surface area contributed by atoms with Crippen molar-refractivity contribution in [2.24, 2.45) is 0 Å². The molecule has 21 heavy (non-hydrogen) atoms. The second-order valence-electron chi connectivity index (χ2n) is 4.85. The zero-order chi connectivity index (χ0) is 15.4. The van der Waals surface area contributed by atoms with Crippen molar-refractivity contribution in [3.63, 3.8) is 0 Å². The summed E-state index contributed by atoms with van der Waals surface area (Å²) in [6, 6.07) is 4.56. The number of nitrogens with one attached hydrogen (secondary N) is 1. The molecule has 0 aliphatic heterocycles. The summed E-state index contributed by atoms with van der Waals surface area (Å²) in [6.07, 6.45) is 2.98. The molecule has 1 atom stereocenters. The highest BCUT2D eigenvalue weighted by Gasteiger charge is 2.21. The second kappa shape index (κ2) is 7.25. The van der Waals surface area contributed by atoms with E-state index in [1.807, 2.05) is 11.7 Å². The molecular weight excluding hydrogens is 312 g/mol. The Labute approximate surface area is 134 Å². The summed E-state index contributed by atoms with van der Waals surface area (Å²) >= 11 is 12.4. The smallest absolute Gasteiger partial charge is 0.127 e. The van der Waals surface area contributed by atoms with Crippen molar-refractivity contribution in [1.82, 2.24) is 15.1 Å². The van der Waals surface area contributed by atoms with E-state index in [2.05, 4.69) is 17.3 Å². The van der Waals surface area contributed by atoms with Crippen LogP contribution in [0.4, 0.5) is 4.39 Å². The normalized spacial score (nSPS) is 12.6. The number of benzene rings is 1. The first-order chi connectivity index (χ1) is 10.1. The lowest BCUT2D eigenvalue weighted by Gasteiger charge is -2.19. The average Bonchev–Trinajstić information content (AvgIpc) is 2.81. The fourth-order valence-electron chi connectivity index (χ4n) is 2.38. The number of hydrogen-bond acceptors (Lipinski definition) is 2. The summed E-state index contributed by atoms with van der Waals surface area (Å²) in [4.78, 5) is 0. The van der Waals surface area contributed by atoms with E-state index >= 15 is 0 Å². The Kier molecular flexibility index (Phi) is 5.62. The number of nitrogens with zero attached hydrogens (tertiary/aromatic N) is 2. The Bertz CT molecular complexity index is 593. The van der Waals surface area contributed by atoms with Crippen LogP contribution >= 0.6 is 23.2 Å². The largest absolute Gasteiger partial charge is 0.311 e. The van der Waals surface area contributed by atoms with Gasteiger partial charge in [0.05, 0.1) is 23.0 Å². The SMILES string of the molecule is CCCn1ncc(Cl)c1C(Cc1c(F)cccc1Cl)NC. The Morgan fingerprint density at radius 2 is 2.10 bits per heavy atom. The first kappa shape index (κ1) is 16.3. The predicted molar refractivity (Wildman–Crippen MR) is 84.4 cm³/mol. The van der Waals surface area contributed by atoms with Gasteiger partial charge < -0.3 is 5.32 Å². The third-order valence-corrected chi connectivity index (χ3v) is 4.06. The number of rotatable bonds is 6. The van der Waals surface area contributed by atoms with Crippen molar-refractivity contribution in [3.05, 3.63) is 51.5 Å². The van der Waals surface area contributed by atoms with E-state index in [4.69, 9.17) is 23.2 Å². The van der Waals surface area contributed by atoms with Gasteiger partial charge in [0.2, 0.25) is 0 Å².